The van der Waals surface area contributed by atoms with Crippen molar-refractivity contribution in [3.8, 4) is 0 Å². The number of nitrogens with two attached hydrogens (primary N) is 1. The van der Waals surface area contributed by atoms with Crippen LogP contribution in [0.5, 0.6) is 0 Å². The summed E-state index contributed by atoms with van der Waals surface area (Å²) in [5, 5.41) is 2.76. The molecule has 0 atom stereocenters. The highest BCUT2D eigenvalue weighted by atomic mass is 79.9. The van der Waals surface area contributed by atoms with Gasteiger partial charge >= 0.3 is 0 Å². The van der Waals surface area contributed by atoms with Gasteiger partial charge in [-0.05, 0) is 45.2 Å². The Kier molecular flexibility index (Phi) is 7.09. The molecule has 17 heavy (non-hydrogen) atoms. The van der Waals surface area contributed by atoms with Gasteiger partial charge < -0.3 is 11.1 Å². The van der Waals surface area contributed by atoms with Crippen LogP contribution in [0.3, 0.4) is 0 Å². The van der Waals surface area contributed by atoms with Gasteiger partial charge in [0, 0.05) is 22.6 Å². The number of nitrogens with one attached hydrogen (secondary N) is 1. The second kappa shape index (κ2) is 7.21. The first-order chi connectivity index (χ1) is 7.41. The minimum atomic E-state index is -0.480. The van der Waals surface area contributed by atoms with Gasteiger partial charge in [0.05, 0.1) is 5.69 Å². The van der Waals surface area contributed by atoms with Crippen molar-refractivity contribution in [1.29, 1.82) is 0 Å². The van der Waals surface area contributed by atoms with E-state index in [-0.39, 0.29) is 12.4 Å². The summed E-state index contributed by atoms with van der Waals surface area (Å²) in [6, 6.07) is 3.70. The fourth-order valence-corrected chi connectivity index (χ4v) is 1.86. The summed E-state index contributed by atoms with van der Waals surface area (Å²) in [7, 11) is 0. The molecule has 0 fully saturated rings. The van der Waals surface area contributed by atoms with Crippen LogP contribution in [-0.4, -0.2) is 11.3 Å². The third-order valence-electron chi connectivity index (χ3n) is 2.14. The van der Waals surface area contributed by atoms with Gasteiger partial charge in [-0.15, -0.1) is 12.4 Å². The maximum absolute atomic E-state index is 11.1. The minimum absolute atomic E-state index is 0. The van der Waals surface area contributed by atoms with E-state index < -0.39 is 5.24 Å². The van der Waals surface area contributed by atoms with Crippen LogP contribution in [0.15, 0.2) is 16.6 Å². The number of benzene rings is 1. The zero-order valence-corrected chi connectivity index (χ0v) is 12.7. The second-order valence-electron chi connectivity index (χ2n) is 3.84. The van der Waals surface area contributed by atoms with E-state index in [9.17, 15) is 4.79 Å². The van der Waals surface area contributed by atoms with Crippen LogP contribution in [0.4, 0.5) is 5.69 Å². The molecule has 0 unspecified atom stereocenters. The largest absolute Gasteiger partial charge is 0.398 e. The van der Waals surface area contributed by atoms with Gasteiger partial charge in [0.15, 0.2) is 0 Å². The topological polar surface area (TPSA) is 55.1 Å². The monoisotopic (exact) mass is 340 g/mol. The summed E-state index contributed by atoms with van der Waals surface area (Å²) in [6.45, 7) is 4.70. The molecule has 0 saturated carbocycles. The normalized spacial score (nSPS) is 10.2. The molecule has 0 aliphatic carbocycles. The predicted molar refractivity (Wildman–Crippen MR) is 78.0 cm³/mol. The zero-order valence-electron chi connectivity index (χ0n) is 9.59. The Balaban J connectivity index is 0.00000256. The van der Waals surface area contributed by atoms with Crippen LogP contribution in [0.1, 0.15) is 29.8 Å². The Morgan fingerprint density at radius 2 is 2.12 bits per heavy atom. The van der Waals surface area contributed by atoms with Crippen molar-refractivity contribution >= 4 is 50.9 Å². The maximum Gasteiger partial charge on any atom is 0.252 e. The van der Waals surface area contributed by atoms with E-state index in [0.717, 1.165) is 5.56 Å². The summed E-state index contributed by atoms with van der Waals surface area (Å²) in [5.74, 6) is 0. The molecular weight excluding hydrogens is 327 g/mol. The highest BCUT2D eigenvalue weighted by molar-refractivity contribution is 9.10. The molecule has 0 saturated heterocycles. The SMILES string of the molecule is CC(C)NCc1cc(C(=O)Cl)cc(Br)c1N.Cl. The molecule has 1 aromatic rings. The van der Waals surface area contributed by atoms with Crippen LogP contribution < -0.4 is 11.1 Å². The molecule has 0 amide bonds. The first kappa shape index (κ1) is 16.7. The van der Waals surface area contributed by atoms with Gasteiger partial charge in [-0.1, -0.05) is 13.8 Å². The molecule has 0 bridgehead atoms. The van der Waals surface area contributed by atoms with Gasteiger partial charge in [0.25, 0.3) is 5.24 Å². The molecular formula is C11H15BrCl2N2O. The predicted octanol–water partition coefficient (Wildman–Crippen LogP) is 3.33. The summed E-state index contributed by atoms with van der Waals surface area (Å²) >= 11 is 8.75. The number of anilines is 1. The van der Waals surface area contributed by atoms with Gasteiger partial charge in [0.1, 0.15) is 0 Å². The van der Waals surface area contributed by atoms with Crippen LogP contribution in [0, 0.1) is 0 Å². The average Bonchev–Trinajstić information content (AvgIpc) is 2.19. The zero-order chi connectivity index (χ0) is 12.3. The smallest absolute Gasteiger partial charge is 0.252 e. The van der Waals surface area contributed by atoms with Crippen molar-refractivity contribution < 1.29 is 4.79 Å². The van der Waals surface area contributed by atoms with E-state index in [4.69, 9.17) is 17.3 Å². The van der Waals surface area contributed by atoms with Crippen molar-refractivity contribution in [2.45, 2.75) is 26.4 Å². The number of nitrogen functional groups attached to an aromatic ring is 1. The Labute approximate surface area is 121 Å². The Morgan fingerprint density at radius 3 is 2.59 bits per heavy atom. The summed E-state index contributed by atoms with van der Waals surface area (Å²) in [6.07, 6.45) is 0. The fraction of sp³-hybridized carbons (Fsp3) is 0.364. The van der Waals surface area contributed by atoms with Gasteiger partial charge in [0.2, 0.25) is 0 Å². The van der Waals surface area contributed by atoms with Gasteiger partial charge in [-0.2, -0.15) is 0 Å². The molecule has 0 radical (unpaired) electrons. The molecule has 0 heterocycles. The summed E-state index contributed by atoms with van der Waals surface area (Å²) in [5.41, 5.74) is 7.85. The van der Waals surface area contributed by atoms with E-state index in [0.29, 0.717) is 28.3 Å². The molecule has 0 spiro atoms. The molecule has 6 heteroatoms. The molecule has 0 aliphatic heterocycles. The van der Waals surface area contributed by atoms with E-state index in [1.165, 1.54) is 0 Å². The van der Waals surface area contributed by atoms with E-state index in [2.05, 4.69) is 21.2 Å². The van der Waals surface area contributed by atoms with Crippen molar-refractivity contribution in [2.24, 2.45) is 0 Å². The molecule has 1 rings (SSSR count). The van der Waals surface area contributed by atoms with E-state index in [1.807, 2.05) is 13.8 Å². The first-order valence-electron chi connectivity index (χ1n) is 4.93. The Hall–Kier alpha value is -0.290. The van der Waals surface area contributed by atoms with E-state index >= 15 is 0 Å². The van der Waals surface area contributed by atoms with E-state index in [1.54, 1.807) is 12.1 Å². The molecule has 0 aromatic heterocycles. The Bertz CT molecular complexity index is 411. The van der Waals surface area contributed by atoms with Gasteiger partial charge in [-0.25, -0.2) is 0 Å². The molecule has 0 aliphatic rings. The van der Waals surface area contributed by atoms with Crippen molar-refractivity contribution in [3.05, 3.63) is 27.7 Å². The standard InChI is InChI=1S/C11H14BrClN2O.ClH/c1-6(2)15-5-8-3-7(11(13)16)4-9(12)10(8)14;/h3-4,6,15H,5,14H2,1-2H3;1H. The van der Waals surface area contributed by atoms with Crippen molar-refractivity contribution in [1.82, 2.24) is 5.32 Å². The fourth-order valence-electron chi connectivity index (χ4n) is 1.25. The number of halogens is 3. The molecule has 3 N–H and O–H groups in total. The molecule has 1 aromatic carbocycles. The number of hydrogen-bond donors (Lipinski definition) is 2. The number of carbonyl (C=O) groups excluding carboxylic acids is 1. The lowest BCUT2D eigenvalue weighted by Gasteiger charge is -2.12. The van der Waals surface area contributed by atoms with Crippen LogP contribution in [0.2, 0.25) is 0 Å². The average molecular weight is 342 g/mol. The first-order valence-corrected chi connectivity index (χ1v) is 6.10. The lowest BCUT2D eigenvalue weighted by atomic mass is 10.1. The third-order valence-corrected chi connectivity index (χ3v) is 3.02. The van der Waals surface area contributed by atoms with Crippen molar-refractivity contribution in [2.75, 3.05) is 5.73 Å². The van der Waals surface area contributed by atoms with Crippen molar-refractivity contribution in [3.63, 3.8) is 0 Å². The third kappa shape index (κ3) is 4.84. The highest BCUT2D eigenvalue weighted by Crippen LogP contribution is 2.26. The minimum Gasteiger partial charge on any atom is -0.398 e. The van der Waals surface area contributed by atoms with Crippen LogP contribution >= 0.6 is 39.9 Å². The summed E-state index contributed by atoms with van der Waals surface area (Å²) < 4.78 is 0.694. The molecule has 3 nitrogen and oxygen atoms in total. The quantitative estimate of drug-likeness (QED) is 0.652. The number of hydrogen-bond acceptors (Lipinski definition) is 3. The summed E-state index contributed by atoms with van der Waals surface area (Å²) in [4.78, 5) is 11.1. The van der Waals surface area contributed by atoms with Gasteiger partial charge in [-0.3, -0.25) is 4.79 Å². The van der Waals surface area contributed by atoms with Crippen LogP contribution in [-0.2, 0) is 6.54 Å². The highest BCUT2D eigenvalue weighted by Gasteiger charge is 2.10. The maximum atomic E-state index is 11.1. The lowest BCUT2D eigenvalue weighted by molar-refractivity contribution is 0.108. The Morgan fingerprint density at radius 1 is 1.53 bits per heavy atom. The number of carbonyl (C=O) groups is 1. The molecule has 96 valence electrons. The lowest BCUT2D eigenvalue weighted by Crippen LogP contribution is -2.22. The number of rotatable bonds is 4. The second-order valence-corrected chi connectivity index (χ2v) is 5.04. The van der Waals surface area contributed by atoms with Crippen LogP contribution in [0.25, 0.3) is 0 Å².